The number of benzene rings is 2. The van der Waals surface area contributed by atoms with E-state index in [0.29, 0.717) is 36.8 Å². The Kier molecular flexibility index (Phi) is 7.60. The minimum absolute atomic E-state index is 0.625. The van der Waals surface area contributed by atoms with Crippen LogP contribution >= 0.6 is 69.9 Å². The van der Waals surface area contributed by atoms with Crippen molar-refractivity contribution in [1.82, 2.24) is 9.97 Å². The standard InChI is InChI=1S/C19H14Cl4N2S2/c1-11-8-24-19(27-10-13-3-5-15(21)7-17(13)23)25-18(11)26-9-12-2-4-14(20)6-16(12)22/h2-8H,9-10H2,1H3. The highest BCUT2D eigenvalue weighted by molar-refractivity contribution is 7.99. The summed E-state index contributed by atoms with van der Waals surface area (Å²) in [6.07, 6.45) is 1.84. The first-order valence-corrected chi connectivity index (χ1v) is 11.4. The minimum atomic E-state index is 0.625. The average Bonchev–Trinajstić information content (AvgIpc) is 2.62. The van der Waals surface area contributed by atoms with Gasteiger partial charge in [-0.15, -0.1) is 11.8 Å². The predicted octanol–water partition coefficient (Wildman–Crippen LogP) is 7.98. The van der Waals surface area contributed by atoms with Gasteiger partial charge in [0.1, 0.15) is 5.03 Å². The van der Waals surface area contributed by atoms with Gasteiger partial charge in [-0.25, -0.2) is 9.97 Å². The molecule has 0 fully saturated rings. The van der Waals surface area contributed by atoms with Gasteiger partial charge < -0.3 is 0 Å². The summed E-state index contributed by atoms with van der Waals surface area (Å²) in [6, 6.07) is 11.0. The number of thioether (sulfide) groups is 2. The zero-order valence-electron chi connectivity index (χ0n) is 14.2. The van der Waals surface area contributed by atoms with Crippen LogP contribution in [0.5, 0.6) is 0 Å². The van der Waals surface area contributed by atoms with Gasteiger partial charge >= 0.3 is 0 Å². The van der Waals surface area contributed by atoms with Gasteiger partial charge in [0.2, 0.25) is 0 Å². The first kappa shape index (κ1) is 21.1. The van der Waals surface area contributed by atoms with Gasteiger partial charge in [-0.2, -0.15) is 0 Å². The van der Waals surface area contributed by atoms with Gasteiger partial charge in [-0.1, -0.05) is 70.3 Å². The van der Waals surface area contributed by atoms with E-state index in [4.69, 9.17) is 46.4 Å². The molecule has 0 spiro atoms. The first-order valence-electron chi connectivity index (χ1n) is 7.89. The van der Waals surface area contributed by atoms with E-state index in [1.807, 2.05) is 37.4 Å². The Hall–Kier alpha value is -0.620. The molecule has 0 saturated carbocycles. The third-order valence-corrected chi connectivity index (χ3v) is 6.88. The molecule has 0 saturated heterocycles. The highest BCUT2D eigenvalue weighted by atomic mass is 35.5. The van der Waals surface area contributed by atoms with Gasteiger partial charge in [-0.05, 0) is 47.9 Å². The molecule has 0 unspecified atom stereocenters. The molecular formula is C19H14Cl4N2S2. The Bertz CT molecular complexity index is 966. The fourth-order valence-electron chi connectivity index (χ4n) is 2.19. The maximum Gasteiger partial charge on any atom is 0.188 e. The summed E-state index contributed by atoms with van der Waals surface area (Å²) >= 11 is 27.5. The molecule has 0 atom stereocenters. The third kappa shape index (κ3) is 5.93. The average molecular weight is 476 g/mol. The lowest BCUT2D eigenvalue weighted by atomic mass is 10.2. The van der Waals surface area contributed by atoms with Crippen molar-refractivity contribution in [1.29, 1.82) is 0 Å². The van der Waals surface area contributed by atoms with E-state index in [1.165, 1.54) is 11.8 Å². The normalized spacial score (nSPS) is 11.0. The van der Waals surface area contributed by atoms with Crippen LogP contribution in [0.3, 0.4) is 0 Å². The number of rotatable bonds is 6. The van der Waals surface area contributed by atoms with Crippen molar-refractivity contribution in [3.63, 3.8) is 0 Å². The van der Waals surface area contributed by atoms with Crippen LogP contribution in [0.4, 0.5) is 0 Å². The Morgan fingerprint density at radius 1 is 0.815 bits per heavy atom. The summed E-state index contributed by atoms with van der Waals surface area (Å²) in [4.78, 5) is 9.08. The van der Waals surface area contributed by atoms with E-state index in [9.17, 15) is 0 Å². The van der Waals surface area contributed by atoms with E-state index in [2.05, 4.69) is 9.97 Å². The van der Waals surface area contributed by atoms with E-state index in [-0.39, 0.29) is 0 Å². The summed E-state index contributed by atoms with van der Waals surface area (Å²) in [5.41, 5.74) is 3.04. The molecule has 8 heteroatoms. The van der Waals surface area contributed by atoms with Crippen molar-refractivity contribution in [2.24, 2.45) is 0 Å². The molecule has 2 nitrogen and oxygen atoms in total. The highest BCUT2D eigenvalue weighted by Gasteiger charge is 2.09. The number of nitrogens with zero attached hydrogens (tertiary/aromatic N) is 2. The van der Waals surface area contributed by atoms with Crippen LogP contribution in [0.1, 0.15) is 16.7 Å². The van der Waals surface area contributed by atoms with Crippen molar-refractivity contribution >= 4 is 69.9 Å². The van der Waals surface area contributed by atoms with Gasteiger partial charge in [0, 0.05) is 37.8 Å². The topological polar surface area (TPSA) is 25.8 Å². The maximum atomic E-state index is 6.25. The van der Waals surface area contributed by atoms with E-state index >= 15 is 0 Å². The number of hydrogen-bond donors (Lipinski definition) is 0. The van der Waals surface area contributed by atoms with Gasteiger partial charge in [0.25, 0.3) is 0 Å². The zero-order valence-corrected chi connectivity index (χ0v) is 18.8. The smallest absolute Gasteiger partial charge is 0.188 e. The Labute approximate surface area is 187 Å². The molecular weight excluding hydrogens is 462 g/mol. The molecule has 0 aliphatic rings. The summed E-state index contributed by atoms with van der Waals surface area (Å²) in [6.45, 7) is 2.00. The molecule has 0 aliphatic carbocycles. The first-order chi connectivity index (χ1) is 12.9. The van der Waals surface area contributed by atoms with E-state index in [0.717, 1.165) is 21.7 Å². The van der Waals surface area contributed by atoms with Crippen LogP contribution in [0.2, 0.25) is 20.1 Å². The summed E-state index contributed by atoms with van der Waals surface area (Å²) < 4.78 is 0. The molecule has 1 aromatic heterocycles. The van der Waals surface area contributed by atoms with Crippen LogP contribution in [0, 0.1) is 6.92 Å². The molecule has 1 heterocycles. The molecule has 27 heavy (non-hydrogen) atoms. The Morgan fingerprint density at radius 3 is 1.93 bits per heavy atom. The van der Waals surface area contributed by atoms with Crippen LogP contribution in [0.25, 0.3) is 0 Å². The van der Waals surface area contributed by atoms with Crippen molar-refractivity contribution in [3.8, 4) is 0 Å². The van der Waals surface area contributed by atoms with E-state index < -0.39 is 0 Å². The van der Waals surface area contributed by atoms with Gasteiger partial charge in [0.15, 0.2) is 5.16 Å². The van der Waals surface area contributed by atoms with Gasteiger partial charge in [0.05, 0.1) is 0 Å². The summed E-state index contributed by atoms with van der Waals surface area (Å²) in [5.74, 6) is 1.38. The molecule has 140 valence electrons. The summed E-state index contributed by atoms with van der Waals surface area (Å²) in [5, 5.41) is 4.20. The fourth-order valence-corrected chi connectivity index (χ4v) is 5.15. The molecule has 0 N–H and O–H groups in total. The van der Waals surface area contributed by atoms with Crippen LogP contribution in [-0.4, -0.2) is 9.97 Å². The van der Waals surface area contributed by atoms with Crippen LogP contribution in [0.15, 0.2) is 52.8 Å². The zero-order chi connectivity index (χ0) is 19.4. The molecule has 0 amide bonds. The molecule has 0 radical (unpaired) electrons. The third-order valence-electron chi connectivity index (χ3n) is 3.65. The number of aromatic nitrogens is 2. The molecule has 3 rings (SSSR count). The SMILES string of the molecule is Cc1cnc(SCc2ccc(Cl)cc2Cl)nc1SCc1ccc(Cl)cc1Cl. The number of aryl methyl sites for hydroxylation is 1. The lowest BCUT2D eigenvalue weighted by Crippen LogP contribution is -1.94. The van der Waals surface area contributed by atoms with Crippen molar-refractivity contribution in [2.45, 2.75) is 28.6 Å². The largest absolute Gasteiger partial charge is 0.231 e. The van der Waals surface area contributed by atoms with Crippen LogP contribution < -0.4 is 0 Å². The second-order valence-corrected chi connectivity index (χ2v) is 9.28. The lowest BCUT2D eigenvalue weighted by molar-refractivity contribution is 0.868. The van der Waals surface area contributed by atoms with Crippen LogP contribution in [-0.2, 0) is 11.5 Å². The van der Waals surface area contributed by atoms with Gasteiger partial charge in [-0.3, -0.25) is 0 Å². The Balaban J connectivity index is 1.68. The quantitative estimate of drug-likeness (QED) is 0.205. The van der Waals surface area contributed by atoms with Crippen molar-refractivity contribution in [2.75, 3.05) is 0 Å². The summed E-state index contributed by atoms with van der Waals surface area (Å²) in [7, 11) is 0. The molecule has 0 bridgehead atoms. The second-order valence-electron chi connectivity index (χ2n) is 5.69. The number of halogens is 4. The predicted molar refractivity (Wildman–Crippen MR) is 119 cm³/mol. The number of hydrogen-bond acceptors (Lipinski definition) is 4. The van der Waals surface area contributed by atoms with Crippen molar-refractivity contribution in [3.05, 3.63) is 79.4 Å². The second kappa shape index (κ2) is 9.73. The maximum absolute atomic E-state index is 6.25. The molecule has 0 aliphatic heterocycles. The molecule has 3 aromatic rings. The Morgan fingerprint density at radius 2 is 1.37 bits per heavy atom. The molecule has 2 aromatic carbocycles. The van der Waals surface area contributed by atoms with E-state index in [1.54, 1.807) is 23.9 Å². The fraction of sp³-hybridized carbons (Fsp3) is 0.158. The highest BCUT2D eigenvalue weighted by Crippen LogP contribution is 2.31. The minimum Gasteiger partial charge on any atom is -0.231 e. The monoisotopic (exact) mass is 474 g/mol. The van der Waals surface area contributed by atoms with Crippen molar-refractivity contribution < 1.29 is 0 Å². The lowest BCUT2D eigenvalue weighted by Gasteiger charge is -2.09.